The maximum Gasteiger partial charge on any atom is 0.250 e. The first-order valence-electron chi connectivity index (χ1n) is 3.98. The van der Waals surface area contributed by atoms with Gasteiger partial charge < -0.3 is 11.1 Å². The lowest BCUT2D eigenvalue weighted by atomic mass is 10.2. The van der Waals surface area contributed by atoms with Crippen LogP contribution in [0.15, 0.2) is 17.5 Å². The summed E-state index contributed by atoms with van der Waals surface area (Å²) in [4.78, 5) is 1.02. The highest BCUT2D eigenvalue weighted by molar-refractivity contribution is 7.10. The third-order valence-corrected chi connectivity index (χ3v) is 2.58. The molecule has 3 N–H and O–H groups in total. The minimum atomic E-state index is -2.31. The second-order valence-electron chi connectivity index (χ2n) is 2.67. The zero-order valence-corrected chi connectivity index (χ0v) is 7.86. The molecule has 0 aromatic carbocycles. The SMILES string of the molecule is NC(CNCC(F)F)c1cccs1. The van der Waals surface area contributed by atoms with E-state index >= 15 is 0 Å². The first kappa shape index (κ1) is 10.6. The Balaban J connectivity index is 2.22. The Morgan fingerprint density at radius 1 is 1.46 bits per heavy atom. The fourth-order valence-electron chi connectivity index (χ4n) is 0.951. The van der Waals surface area contributed by atoms with Gasteiger partial charge in [0.15, 0.2) is 0 Å². The lowest BCUT2D eigenvalue weighted by molar-refractivity contribution is 0.145. The zero-order chi connectivity index (χ0) is 9.68. The number of halogens is 2. The number of rotatable bonds is 5. The third-order valence-electron chi connectivity index (χ3n) is 1.57. The Bertz CT molecular complexity index is 226. The molecule has 1 aromatic heterocycles. The highest BCUT2D eigenvalue weighted by Crippen LogP contribution is 2.15. The minimum Gasteiger partial charge on any atom is -0.322 e. The molecule has 0 aliphatic rings. The van der Waals surface area contributed by atoms with Crippen molar-refractivity contribution in [3.8, 4) is 0 Å². The van der Waals surface area contributed by atoms with Crippen molar-refractivity contribution >= 4 is 11.3 Å². The normalized spacial score (nSPS) is 13.5. The molecule has 0 aliphatic heterocycles. The Morgan fingerprint density at radius 3 is 2.77 bits per heavy atom. The van der Waals surface area contributed by atoms with Gasteiger partial charge in [-0.05, 0) is 11.4 Å². The summed E-state index contributed by atoms with van der Waals surface area (Å²) in [5, 5.41) is 4.52. The van der Waals surface area contributed by atoms with Gasteiger partial charge in [-0.25, -0.2) is 8.78 Å². The van der Waals surface area contributed by atoms with Crippen LogP contribution in [0.5, 0.6) is 0 Å². The van der Waals surface area contributed by atoms with Crippen LogP contribution in [0.1, 0.15) is 10.9 Å². The van der Waals surface area contributed by atoms with Crippen LogP contribution >= 0.6 is 11.3 Å². The molecular formula is C8H12F2N2S. The van der Waals surface area contributed by atoms with Crippen LogP contribution in [0.4, 0.5) is 8.78 Å². The molecule has 2 nitrogen and oxygen atoms in total. The van der Waals surface area contributed by atoms with Gasteiger partial charge in [0.05, 0.1) is 12.6 Å². The van der Waals surface area contributed by atoms with Crippen molar-refractivity contribution in [1.82, 2.24) is 5.32 Å². The number of nitrogens with one attached hydrogen (secondary N) is 1. The van der Waals surface area contributed by atoms with Crippen LogP contribution in [-0.4, -0.2) is 19.5 Å². The smallest absolute Gasteiger partial charge is 0.250 e. The first-order valence-corrected chi connectivity index (χ1v) is 4.86. The van der Waals surface area contributed by atoms with E-state index in [9.17, 15) is 8.78 Å². The molecule has 0 radical (unpaired) electrons. The van der Waals surface area contributed by atoms with E-state index in [1.54, 1.807) is 0 Å². The average Bonchev–Trinajstić information content (AvgIpc) is 2.55. The van der Waals surface area contributed by atoms with Gasteiger partial charge in [0.1, 0.15) is 0 Å². The van der Waals surface area contributed by atoms with E-state index in [4.69, 9.17) is 5.73 Å². The summed E-state index contributed by atoms with van der Waals surface area (Å²) in [6, 6.07) is 3.62. The lowest BCUT2D eigenvalue weighted by Crippen LogP contribution is -2.29. The van der Waals surface area contributed by atoms with Gasteiger partial charge in [-0.1, -0.05) is 6.07 Å². The predicted molar refractivity (Wildman–Crippen MR) is 50.1 cm³/mol. The summed E-state index contributed by atoms with van der Waals surface area (Å²) in [6.45, 7) is 0.101. The minimum absolute atomic E-state index is 0.182. The second-order valence-corrected chi connectivity index (χ2v) is 3.65. The second kappa shape index (κ2) is 5.26. The molecule has 0 bridgehead atoms. The maximum atomic E-state index is 11.7. The number of hydrogen-bond donors (Lipinski definition) is 2. The van der Waals surface area contributed by atoms with Gasteiger partial charge in [-0.3, -0.25) is 0 Å². The Kier molecular flexibility index (Phi) is 4.27. The van der Waals surface area contributed by atoms with Crippen LogP contribution < -0.4 is 11.1 Å². The van der Waals surface area contributed by atoms with E-state index < -0.39 is 6.43 Å². The van der Waals surface area contributed by atoms with Crippen molar-refractivity contribution in [2.24, 2.45) is 5.73 Å². The molecule has 13 heavy (non-hydrogen) atoms. The summed E-state index contributed by atoms with van der Waals surface area (Å²) in [5.41, 5.74) is 5.73. The molecule has 1 heterocycles. The molecule has 1 atom stereocenters. The molecular weight excluding hydrogens is 194 g/mol. The highest BCUT2D eigenvalue weighted by Gasteiger charge is 2.07. The fourth-order valence-corrected chi connectivity index (χ4v) is 1.68. The van der Waals surface area contributed by atoms with Crippen molar-refractivity contribution in [2.75, 3.05) is 13.1 Å². The average molecular weight is 206 g/mol. The topological polar surface area (TPSA) is 38.0 Å². The number of thiophene rings is 1. The van der Waals surface area contributed by atoms with Crippen LogP contribution in [0.2, 0.25) is 0 Å². The van der Waals surface area contributed by atoms with E-state index in [0.29, 0.717) is 6.54 Å². The van der Waals surface area contributed by atoms with E-state index in [1.807, 2.05) is 17.5 Å². The summed E-state index contributed by atoms with van der Waals surface area (Å²) < 4.78 is 23.5. The summed E-state index contributed by atoms with van der Waals surface area (Å²) in [5.74, 6) is 0. The molecule has 0 fully saturated rings. The summed E-state index contributed by atoms with van der Waals surface area (Å²) in [6.07, 6.45) is -2.31. The zero-order valence-electron chi connectivity index (χ0n) is 7.04. The molecule has 1 unspecified atom stereocenters. The van der Waals surface area contributed by atoms with Gasteiger partial charge >= 0.3 is 0 Å². The summed E-state index contributed by atoms with van der Waals surface area (Å²) in [7, 11) is 0. The van der Waals surface area contributed by atoms with Crippen molar-refractivity contribution < 1.29 is 8.78 Å². The van der Waals surface area contributed by atoms with Crippen molar-refractivity contribution in [1.29, 1.82) is 0 Å². The van der Waals surface area contributed by atoms with Gasteiger partial charge in [-0.15, -0.1) is 11.3 Å². The quantitative estimate of drug-likeness (QED) is 0.768. The van der Waals surface area contributed by atoms with Crippen LogP contribution in [0.25, 0.3) is 0 Å². The molecule has 0 amide bonds. The molecule has 0 saturated carbocycles. The highest BCUT2D eigenvalue weighted by atomic mass is 32.1. The van der Waals surface area contributed by atoms with Gasteiger partial charge in [-0.2, -0.15) is 0 Å². The first-order chi connectivity index (χ1) is 6.20. The van der Waals surface area contributed by atoms with E-state index in [2.05, 4.69) is 5.32 Å². The largest absolute Gasteiger partial charge is 0.322 e. The predicted octanol–water partition coefficient (Wildman–Crippen LogP) is 1.60. The fraction of sp³-hybridized carbons (Fsp3) is 0.500. The monoisotopic (exact) mass is 206 g/mol. The molecule has 0 spiro atoms. The molecule has 0 aliphatic carbocycles. The lowest BCUT2D eigenvalue weighted by Gasteiger charge is -2.10. The van der Waals surface area contributed by atoms with E-state index in [1.165, 1.54) is 11.3 Å². The number of hydrogen-bond acceptors (Lipinski definition) is 3. The van der Waals surface area contributed by atoms with Gasteiger partial charge in [0.2, 0.25) is 0 Å². The third kappa shape index (κ3) is 3.80. The number of alkyl halides is 2. The Labute approximate surface area is 79.8 Å². The van der Waals surface area contributed by atoms with Crippen molar-refractivity contribution in [2.45, 2.75) is 12.5 Å². The maximum absolute atomic E-state index is 11.7. The van der Waals surface area contributed by atoms with Crippen LogP contribution in [0.3, 0.4) is 0 Å². The Morgan fingerprint density at radius 2 is 2.23 bits per heavy atom. The molecule has 1 aromatic rings. The molecule has 1 rings (SSSR count). The molecule has 5 heteroatoms. The van der Waals surface area contributed by atoms with Crippen molar-refractivity contribution in [3.05, 3.63) is 22.4 Å². The van der Waals surface area contributed by atoms with E-state index in [-0.39, 0.29) is 12.6 Å². The van der Waals surface area contributed by atoms with Crippen LogP contribution in [0, 0.1) is 0 Å². The van der Waals surface area contributed by atoms with Crippen molar-refractivity contribution in [3.63, 3.8) is 0 Å². The Hall–Kier alpha value is -0.520. The van der Waals surface area contributed by atoms with E-state index in [0.717, 1.165) is 4.88 Å². The van der Waals surface area contributed by atoms with Crippen LogP contribution in [-0.2, 0) is 0 Å². The summed E-state index contributed by atoms with van der Waals surface area (Å²) >= 11 is 1.54. The molecule has 0 saturated heterocycles. The number of nitrogens with two attached hydrogens (primary N) is 1. The standard InChI is InChI=1S/C8H12F2N2S/c9-8(10)5-12-4-6(11)7-2-1-3-13-7/h1-3,6,8,12H,4-5,11H2. The van der Waals surface area contributed by atoms with Gasteiger partial charge in [0.25, 0.3) is 6.43 Å². The molecule has 74 valence electrons. The van der Waals surface area contributed by atoms with Gasteiger partial charge in [0, 0.05) is 11.4 Å².